The van der Waals surface area contributed by atoms with Gasteiger partial charge >= 0.3 is 0 Å². The highest BCUT2D eigenvalue weighted by Gasteiger charge is 2.28. The number of amides is 1. The predicted octanol–water partition coefficient (Wildman–Crippen LogP) is 3.90. The first-order valence-corrected chi connectivity index (χ1v) is 9.67. The number of aryl methyl sites for hydroxylation is 2. The standard InChI is InChI=1S/C20H27ClN4O2/c1-12-9-18(19(27-4)10-17(12)21)23-20(26)14(3)25-7-5-15(6-8-25)16-11-22-24-13(16)2/h9-11,14-15H,5-8H2,1-4H3,(H,22,24)(H,23,26). The summed E-state index contributed by atoms with van der Waals surface area (Å²) in [4.78, 5) is 15.0. The Kier molecular flexibility index (Phi) is 6.07. The highest BCUT2D eigenvalue weighted by Crippen LogP contribution is 2.32. The first kappa shape index (κ1) is 19.7. The van der Waals surface area contributed by atoms with Crippen molar-refractivity contribution in [3.63, 3.8) is 0 Å². The third-order valence-electron chi connectivity index (χ3n) is 5.50. The molecule has 3 rings (SSSR count). The van der Waals surface area contributed by atoms with E-state index in [2.05, 4.69) is 27.3 Å². The lowest BCUT2D eigenvalue weighted by molar-refractivity contribution is -0.121. The Hall–Kier alpha value is -2.05. The van der Waals surface area contributed by atoms with Crippen molar-refractivity contribution in [3.8, 4) is 5.75 Å². The van der Waals surface area contributed by atoms with Gasteiger partial charge in [0.1, 0.15) is 5.75 Å². The fraction of sp³-hybridized carbons (Fsp3) is 0.500. The van der Waals surface area contributed by atoms with Gasteiger partial charge in [0.2, 0.25) is 5.91 Å². The molecular weight excluding hydrogens is 364 g/mol. The molecule has 0 saturated carbocycles. The zero-order chi connectivity index (χ0) is 19.6. The van der Waals surface area contributed by atoms with Gasteiger partial charge in [-0.25, -0.2) is 0 Å². The molecule has 7 heteroatoms. The topological polar surface area (TPSA) is 70.2 Å². The van der Waals surface area contributed by atoms with E-state index >= 15 is 0 Å². The van der Waals surface area contributed by atoms with E-state index < -0.39 is 0 Å². The summed E-state index contributed by atoms with van der Waals surface area (Å²) in [5.41, 5.74) is 3.99. The highest BCUT2D eigenvalue weighted by molar-refractivity contribution is 6.31. The second-order valence-electron chi connectivity index (χ2n) is 7.23. The molecule has 1 atom stereocenters. The molecular formula is C20H27ClN4O2. The summed E-state index contributed by atoms with van der Waals surface area (Å²) in [7, 11) is 1.57. The third kappa shape index (κ3) is 4.28. The number of methoxy groups -OCH3 is 1. The van der Waals surface area contributed by atoms with E-state index in [-0.39, 0.29) is 11.9 Å². The van der Waals surface area contributed by atoms with Crippen LogP contribution in [0.5, 0.6) is 5.75 Å². The Morgan fingerprint density at radius 1 is 1.37 bits per heavy atom. The number of benzene rings is 1. The molecule has 2 N–H and O–H groups in total. The molecule has 1 aromatic heterocycles. The number of ether oxygens (including phenoxy) is 1. The Balaban J connectivity index is 1.62. The summed E-state index contributed by atoms with van der Waals surface area (Å²) in [5, 5.41) is 10.8. The van der Waals surface area contributed by atoms with Crippen LogP contribution in [0, 0.1) is 13.8 Å². The average Bonchev–Trinajstić information content (AvgIpc) is 3.10. The number of H-pyrrole nitrogens is 1. The van der Waals surface area contributed by atoms with Crippen LogP contribution in [0.15, 0.2) is 18.3 Å². The lowest BCUT2D eigenvalue weighted by Crippen LogP contribution is -2.45. The molecule has 0 bridgehead atoms. The van der Waals surface area contributed by atoms with Crippen LogP contribution in [0.3, 0.4) is 0 Å². The first-order valence-electron chi connectivity index (χ1n) is 9.29. The van der Waals surface area contributed by atoms with Crippen molar-refractivity contribution in [2.45, 2.75) is 45.6 Å². The van der Waals surface area contributed by atoms with Crippen LogP contribution in [0.4, 0.5) is 5.69 Å². The van der Waals surface area contributed by atoms with Crippen LogP contribution in [-0.2, 0) is 4.79 Å². The van der Waals surface area contributed by atoms with Crippen LogP contribution in [0.2, 0.25) is 5.02 Å². The van der Waals surface area contributed by atoms with Crippen molar-refractivity contribution in [1.29, 1.82) is 0 Å². The minimum absolute atomic E-state index is 0.0343. The fourth-order valence-electron chi connectivity index (χ4n) is 3.70. The molecule has 1 amide bonds. The number of aromatic nitrogens is 2. The van der Waals surface area contributed by atoms with Crippen molar-refractivity contribution in [3.05, 3.63) is 40.2 Å². The number of halogens is 1. The molecule has 0 spiro atoms. The molecule has 1 unspecified atom stereocenters. The van der Waals surface area contributed by atoms with Crippen molar-refractivity contribution < 1.29 is 9.53 Å². The zero-order valence-corrected chi connectivity index (χ0v) is 17.1. The van der Waals surface area contributed by atoms with Crippen LogP contribution in [-0.4, -0.2) is 47.2 Å². The van der Waals surface area contributed by atoms with Gasteiger partial charge in [-0.3, -0.25) is 14.8 Å². The number of nitrogens with one attached hydrogen (secondary N) is 2. The van der Waals surface area contributed by atoms with Gasteiger partial charge in [-0.2, -0.15) is 5.10 Å². The molecule has 0 aliphatic carbocycles. The second kappa shape index (κ2) is 8.31. The predicted molar refractivity (Wildman–Crippen MR) is 108 cm³/mol. The maximum Gasteiger partial charge on any atom is 0.241 e. The summed E-state index contributed by atoms with van der Waals surface area (Å²) < 4.78 is 5.35. The molecule has 1 aliphatic rings. The monoisotopic (exact) mass is 390 g/mol. The van der Waals surface area contributed by atoms with Gasteiger partial charge in [-0.1, -0.05) is 11.6 Å². The lowest BCUT2D eigenvalue weighted by Gasteiger charge is -2.35. The van der Waals surface area contributed by atoms with Crippen molar-refractivity contribution in [2.24, 2.45) is 0 Å². The van der Waals surface area contributed by atoms with E-state index in [4.69, 9.17) is 16.3 Å². The first-order chi connectivity index (χ1) is 12.9. The fourth-order valence-corrected chi connectivity index (χ4v) is 3.86. The minimum atomic E-state index is -0.211. The summed E-state index contributed by atoms with van der Waals surface area (Å²) >= 11 is 6.14. The Bertz CT molecular complexity index is 812. The highest BCUT2D eigenvalue weighted by atomic mass is 35.5. The molecule has 6 nitrogen and oxygen atoms in total. The van der Waals surface area contributed by atoms with Crippen LogP contribution in [0.25, 0.3) is 0 Å². The second-order valence-corrected chi connectivity index (χ2v) is 7.63. The number of hydrogen-bond acceptors (Lipinski definition) is 4. The molecule has 2 heterocycles. The number of likely N-dealkylation sites (tertiary alicyclic amines) is 1. The number of anilines is 1. The SMILES string of the molecule is COc1cc(Cl)c(C)cc1NC(=O)C(C)N1CCC(c2cn[nH]c2C)CC1. The molecule has 1 saturated heterocycles. The van der Waals surface area contributed by atoms with Gasteiger partial charge in [0.15, 0.2) is 0 Å². The molecule has 27 heavy (non-hydrogen) atoms. The molecule has 1 fully saturated rings. The summed E-state index contributed by atoms with van der Waals surface area (Å²) in [5.74, 6) is 1.04. The van der Waals surface area contributed by atoms with E-state index in [1.165, 1.54) is 5.56 Å². The number of carbonyl (C=O) groups is 1. The maximum absolute atomic E-state index is 12.8. The zero-order valence-electron chi connectivity index (χ0n) is 16.3. The Labute approximate surface area is 165 Å². The van der Waals surface area contributed by atoms with E-state index in [0.717, 1.165) is 37.2 Å². The summed E-state index contributed by atoms with van der Waals surface area (Å²) in [6.07, 6.45) is 3.99. The molecule has 0 radical (unpaired) electrons. The average molecular weight is 391 g/mol. The van der Waals surface area contributed by atoms with Crippen molar-refractivity contribution in [1.82, 2.24) is 15.1 Å². The largest absolute Gasteiger partial charge is 0.495 e. The summed E-state index contributed by atoms with van der Waals surface area (Å²) in [6.45, 7) is 7.70. The number of piperidine rings is 1. The smallest absolute Gasteiger partial charge is 0.241 e. The number of carbonyl (C=O) groups excluding carboxylic acids is 1. The number of rotatable bonds is 5. The summed E-state index contributed by atoms with van der Waals surface area (Å²) in [6, 6.07) is 3.37. The number of hydrogen-bond donors (Lipinski definition) is 2. The number of nitrogens with zero attached hydrogens (tertiary/aromatic N) is 2. The molecule has 2 aromatic rings. The normalized spacial score (nSPS) is 16.9. The quantitative estimate of drug-likeness (QED) is 0.812. The molecule has 1 aliphatic heterocycles. The van der Waals surface area contributed by atoms with Gasteiger partial charge in [0.25, 0.3) is 0 Å². The maximum atomic E-state index is 12.8. The third-order valence-corrected chi connectivity index (χ3v) is 5.91. The van der Waals surface area contributed by atoms with Gasteiger partial charge in [-0.15, -0.1) is 0 Å². The number of aromatic amines is 1. The Morgan fingerprint density at radius 3 is 2.67 bits per heavy atom. The van der Waals surface area contributed by atoms with Crippen molar-refractivity contribution >= 4 is 23.2 Å². The molecule has 146 valence electrons. The van der Waals surface area contributed by atoms with Crippen molar-refractivity contribution in [2.75, 3.05) is 25.5 Å². The van der Waals surface area contributed by atoms with Gasteiger partial charge in [-0.05, 0) is 69.8 Å². The van der Waals surface area contributed by atoms with E-state index in [0.29, 0.717) is 22.4 Å². The van der Waals surface area contributed by atoms with Gasteiger partial charge in [0, 0.05) is 16.8 Å². The van der Waals surface area contributed by atoms with Crippen LogP contribution < -0.4 is 10.1 Å². The van der Waals surface area contributed by atoms with Crippen LogP contribution >= 0.6 is 11.6 Å². The van der Waals surface area contributed by atoms with Gasteiger partial charge < -0.3 is 10.1 Å². The van der Waals surface area contributed by atoms with E-state index in [9.17, 15) is 4.79 Å². The van der Waals surface area contributed by atoms with Crippen LogP contribution in [0.1, 0.15) is 42.5 Å². The minimum Gasteiger partial charge on any atom is -0.495 e. The molecule has 1 aromatic carbocycles. The van der Waals surface area contributed by atoms with Gasteiger partial charge in [0.05, 0.1) is 25.0 Å². The lowest BCUT2D eigenvalue weighted by atomic mass is 9.89. The van der Waals surface area contributed by atoms with E-state index in [1.54, 1.807) is 13.2 Å². The van der Waals surface area contributed by atoms with E-state index in [1.807, 2.05) is 26.1 Å². The Morgan fingerprint density at radius 2 is 2.07 bits per heavy atom.